The van der Waals surface area contributed by atoms with Gasteiger partial charge in [0.2, 0.25) is 5.91 Å². The zero-order chi connectivity index (χ0) is 10.7. The molecule has 1 aliphatic heterocycles. The minimum absolute atomic E-state index is 0. The summed E-state index contributed by atoms with van der Waals surface area (Å²) in [5.41, 5.74) is 6.62. The Kier molecular flexibility index (Phi) is 4.77. The van der Waals surface area contributed by atoms with Gasteiger partial charge in [0.1, 0.15) is 0 Å². The highest BCUT2D eigenvalue weighted by Gasteiger charge is 2.25. The molecule has 1 aromatic carbocycles. The standard InChI is InChI=1S/C12H16N2O.ClH/c13-12(15)11-8-10(6-7-14-11)9-4-2-1-3-5-9;/h1-5,10-11,14H,6-8H2,(H2,13,15);1H. The first-order valence-electron chi connectivity index (χ1n) is 5.35. The van der Waals surface area contributed by atoms with Gasteiger partial charge in [-0.05, 0) is 30.9 Å². The first kappa shape index (κ1) is 13.0. The molecule has 1 saturated heterocycles. The molecule has 2 unspecified atom stereocenters. The fourth-order valence-electron chi connectivity index (χ4n) is 2.16. The van der Waals surface area contributed by atoms with Gasteiger partial charge >= 0.3 is 0 Å². The van der Waals surface area contributed by atoms with Crippen LogP contribution in [0.3, 0.4) is 0 Å². The fourth-order valence-corrected chi connectivity index (χ4v) is 2.16. The van der Waals surface area contributed by atoms with Crippen molar-refractivity contribution < 1.29 is 4.79 Å². The lowest BCUT2D eigenvalue weighted by atomic mass is 9.86. The molecule has 0 spiro atoms. The van der Waals surface area contributed by atoms with Crippen molar-refractivity contribution >= 4 is 18.3 Å². The second-order valence-corrected chi connectivity index (χ2v) is 4.04. The van der Waals surface area contributed by atoms with Crippen LogP contribution >= 0.6 is 12.4 Å². The summed E-state index contributed by atoms with van der Waals surface area (Å²) in [6.07, 6.45) is 1.90. The number of piperidine rings is 1. The Morgan fingerprint density at radius 1 is 1.31 bits per heavy atom. The van der Waals surface area contributed by atoms with E-state index in [1.165, 1.54) is 5.56 Å². The van der Waals surface area contributed by atoms with Crippen LogP contribution in [0.5, 0.6) is 0 Å². The van der Waals surface area contributed by atoms with Gasteiger partial charge in [-0.25, -0.2) is 0 Å². The maximum absolute atomic E-state index is 11.1. The summed E-state index contributed by atoms with van der Waals surface area (Å²) >= 11 is 0. The van der Waals surface area contributed by atoms with Crippen molar-refractivity contribution in [3.05, 3.63) is 35.9 Å². The number of carbonyl (C=O) groups excluding carboxylic acids is 1. The Labute approximate surface area is 102 Å². The first-order chi connectivity index (χ1) is 7.27. The van der Waals surface area contributed by atoms with Crippen molar-refractivity contribution in [3.8, 4) is 0 Å². The van der Waals surface area contributed by atoms with Gasteiger partial charge in [-0.15, -0.1) is 12.4 Å². The zero-order valence-corrected chi connectivity index (χ0v) is 9.87. The molecule has 2 rings (SSSR count). The van der Waals surface area contributed by atoms with Crippen molar-refractivity contribution in [2.45, 2.75) is 24.8 Å². The number of amides is 1. The average Bonchev–Trinajstić information content (AvgIpc) is 2.30. The molecule has 3 nitrogen and oxygen atoms in total. The number of halogens is 1. The maximum atomic E-state index is 11.1. The van der Waals surface area contributed by atoms with E-state index < -0.39 is 0 Å². The van der Waals surface area contributed by atoms with Crippen molar-refractivity contribution in [2.24, 2.45) is 5.73 Å². The number of benzene rings is 1. The molecule has 88 valence electrons. The second-order valence-electron chi connectivity index (χ2n) is 4.04. The molecule has 1 aromatic rings. The third-order valence-electron chi connectivity index (χ3n) is 3.02. The van der Waals surface area contributed by atoms with Crippen LogP contribution in [-0.4, -0.2) is 18.5 Å². The molecule has 0 aromatic heterocycles. The van der Waals surface area contributed by atoms with Gasteiger partial charge in [0, 0.05) is 0 Å². The van der Waals surface area contributed by atoms with E-state index in [1.54, 1.807) is 0 Å². The Bertz CT molecular complexity index is 342. The molecule has 0 saturated carbocycles. The highest BCUT2D eigenvalue weighted by atomic mass is 35.5. The molecule has 3 N–H and O–H groups in total. The summed E-state index contributed by atoms with van der Waals surface area (Å²) in [4.78, 5) is 11.1. The Morgan fingerprint density at radius 3 is 2.62 bits per heavy atom. The Morgan fingerprint density at radius 2 is 2.00 bits per heavy atom. The van der Waals surface area contributed by atoms with E-state index in [4.69, 9.17) is 5.73 Å². The van der Waals surface area contributed by atoms with Gasteiger partial charge in [-0.3, -0.25) is 4.79 Å². The smallest absolute Gasteiger partial charge is 0.234 e. The van der Waals surface area contributed by atoms with Gasteiger partial charge in [-0.2, -0.15) is 0 Å². The summed E-state index contributed by atoms with van der Waals surface area (Å²) in [5.74, 6) is 0.223. The van der Waals surface area contributed by atoms with Crippen LogP contribution in [0.25, 0.3) is 0 Å². The molecule has 0 bridgehead atoms. The summed E-state index contributed by atoms with van der Waals surface area (Å²) in [7, 11) is 0. The topological polar surface area (TPSA) is 55.1 Å². The number of hydrogen-bond acceptors (Lipinski definition) is 2. The summed E-state index contributed by atoms with van der Waals surface area (Å²) in [6.45, 7) is 0.868. The largest absolute Gasteiger partial charge is 0.368 e. The molecular formula is C12H17ClN2O. The van der Waals surface area contributed by atoms with Gasteiger partial charge in [0.25, 0.3) is 0 Å². The Balaban J connectivity index is 0.00000128. The third kappa shape index (κ3) is 2.97. The lowest BCUT2D eigenvalue weighted by Gasteiger charge is -2.28. The van der Waals surface area contributed by atoms with E-state index in [0.717, 1.165) is 19.4 Å². The third-order valence-corrected chi connectivity index (χ3v) is 3.02. The summed E-state index contributed by atoms with van der Waals surface area (Å²) in [6, 6.07) is 10.2. The maximum Gasteiger partial charge on any atom is 0.234 e. The number of hydrogen-bond donors (Lipinski definition) is 2. The monoisotopic (exact) mass is 240 g/mol. The minimum atomic E-state index is -0.240. The summed E-state index contributed by atoms with van der Waals surface area (Å²) in [5, 5.41) is 3.14. The van der Waals surface area contributed by atoms with Gasteiger partial charge in [0.05, 0.1) is 6.04 Å². The molecule has 1 aliphatic rings. The van der Waals surface area contributed by atoms with E-state index in [-0.39, 0.29) is 24.4 Å². The van der Waals surface area contributed by atoms with Gasteiger partial charge in [0.15, 0.2) is 0 Å². The SMILES string of the molecule is Cl.NC(=O)C1CC(c2ccccc2)CCN1. The van der Waals surface area contributed by atoms with Gasteiger partial charge < -0.3 is 11.1 Å². The zero-order valence-electron chi connectivity index (χ0n) is 9.06. The van der Waals surface area contributed by atoms with E-state index in [1.807, 2.05) is 18.2 Å². The van der Waals surface area contributed by atoms with Gasteiger partial charge in [-0.1, -0.05) is 30.3 Å². The normalized spacial score (nSPS) is 24.5. The van der Waals surface area contributed by atoms with E-state index in [9.17, 15) is 4.79 Å². The van der Waals surface area contributed by atoms with Crippen LogP contribution < -0.4 is 11.1 Å². The molecule has 2 atom stereocenters. The van der Waals surface area contributed by atoms with Crippen LogP contribution in [0.4, 0.5) is 0 Å². The molecule has 0 aliphatic carbocycles. The minimum Gasteiger partial charge on any atom is -0.368 e. The van der Waals surface area contributed by atoms with Crippen LogP contribution in [0.1, 0.15) is 24.3 Å². The van der Waals surface area contributed by atoms with E-state index in [2.05, 4.69) is 17.4 Å². The lowest BCUT2D eigenvalue weighted by Crippen LogP contribution is -2.46. The highest BCUT2D eigenvalue weighted by molar-refractivity contribution is 5.85. The van der Waals surface area contributed by atoms with Crippen LogP contribution in [0.15, 0.2) is 30.3 Å². The highest BCUT2D eigenvalue weighted by Crippen LogP contribution is 2.27. The van der Waals surface area contributed by atoms with E-state index in [0.29, 0.717) is 5.92 Å². The molecule has 1 fully saturated rings. The van der Waals surface area contributed by atoms with Crippen molar-refractivity contribution in [1.29, 1.82) is 0 Å². The first-order valence-corrected chi connectivity index (χ1v) is 5.35. The quantitative estimate of drug-likeness (QED) is 0.822. The number of carbonyl (C=O) groups is 1. The van der Waals surface area contributed by atoms with Crippen LogP contribution in [0, 0.1) is 0 Å². The van der Waals surface area contributed by atoms with Crippen molar-refractivity contribution in [2.75, 3.05) is 6.54 Å². The summed E-state index contributed by atoms with van der Waals surface area (Å²) < 4.78 is 0. The average molecular weight is 241 g/mol. The molecular weight excluding hydrogens is 224 g/mol. The molecule has 4 heteroatoms. The Hall–Kier alpha value is -1.06. The number of nitrogens with two attached hydrogens (primary N) is 1. The molecule has 0 radical (unpaired) electrons. The van der Waals surface area contributed by atoms with E-state index >= 15 is 0 Å². The van der Waals surface area contributed by atoms with Crippen molar-refractivity contribution in [3.63, 3.8) is 0 Å². The second kappa shape index (κ2) is 5.87. The number of primary amides is 1. The molecule has 1 amide bonds. The fraction of sp³-hybridized carbons (Fsp3) is 0.417. The number of nitrogens with one attached hydrogen (secondary N) is 1. The molecule has 1 heterocycles. The van der Waals surface area contributed by atoms with Crippen LogP contribution in [0.2, 0.25) is 0 Å². The predicted octanol–water partition coefficient (Wildman–Crippen LogP) is 1.43. The predicted molar refractivity (Wildman–Crippen MR) is 66.7 cm³/mol. The van der Waals surface area contributed by atoms with Crippen molar-refractivity contribution in [1.82, 2.24) is 5.32 Å². The molecule has 16 heavy (non-hydrogen) atoms. The lowest BCUT2D eigenvalue weighted by molar-refractivity contribution is -0.120. The number of rotatable bonds is 2. The van der Waals surface area contributed by atoms with Crippen LogP contribution in [-0.2, 0) is 4.79 Å².